The molecular weight excluding hydrogens is 355 g/mol. The van der Waals surface area contributed by atoms with Gasteiger partial charge in [-0.3, -0.25) is 0 Å². The maximum atomic E-state index is 13.8. The predicted molar refractivity (Wildman–Crippen MR) is 76.2 cm³/mol. The van der Waals surface area contributed by atoms with E-state index in [9.17, 15) is 12.8 Å². The number of aliphatic hydroxyl groups excluding tert-OH is 1. The molecule has 0 spiro atoms. The van der Waals surface area contributed by atoms with Crippen LogP contribution in [0.4, 0.5) is 10.1 Å². The molecule has 0 fully saturated rings. The van der Waals surface area contributed by atoms with Crippen molar-refractivity contribution in [2.75, 3.05) is 26.1 Å². The quantitative estimate of drug-likeness (QED) is 0.617. The van der Waals surface area contributed by atoms with Crippen LogP contribution in [-0.2, 0) is 14.8 Å². The number of rotatable bonds is 7. The summed E-state index contributed by atoms with van der Waals surface area (Å²) >= 11 is 3.01. The molecule has 1 aromatic carbocycles. The minimum absolute atomic E-state index is 0.0629. The van der Waals surface area contributed by atoms with Gasteiger partial charge in [-0.15, -0.1) is 0 Å². The number of hydrogen-bond donors (Lipinski definition) is 3. The smallest absolute Gasteiger partial charge is 0.243 e. The van der Waals surface area contributed by atoms with Crippen LogP contribution in [0.15, 0.2) is 21.5 Å². The molecule has 1 unspecified atom stereocenters. The minimum atomic E-state index is -4.09. The van der Waals surface area contributed by atoms with Gasteiger partial charge in [0.05, 0.1) is 6.61 Å². The third kappa shape index (κ3) is 4.38. The van der Waals surface area contributed by atoms with Crippen LogP contribution < -0.4 is 10.5 Å². The van der Waals surface area contributed by atoms with E-state index in [-0.39, 0.29) is 29.8 Å². The number of anilines is 1. The monoisotopic (exact) mass is 370 g/mol. The Morgan fingerprint density at radius 3 is 2.75 bits per heavy atom. The van der Waals surface area contributed by atoms with Gasteiger partial charge in [0.2, 0.25) is 10.0 Å². The van der Waals surface area contributed by atoms with Gasteiger partial charge in [0.25, 0.3) is 0 Å². The largest absolute Gasteiger partial charge is 0.398 e. The number of methoxy groups -OCH3 is 1. The van der Waals surface area contributed by atoms with Gasteiger partial charge >= 0.3 is 0 Å². The fourth-order valence-electron chi connectivity index (χ4n) is 1.57. The molecule has 0 aliphatic rings. The van der Waals surface area contributed by atoms with Crippen LogP contribution in [0.2, 0.25) is 0 Å². The van der Waals surface area contributed by atoms with Crippen LogP contribution in [-0.4, -0.2) is 39.9 Å². The van der Waals surface area contributed by atoms with E-state index in [1.54, 1.807) is 0 Å². The molecule has 0 saturated carbocycles. The molecule has 20 heavy (non-hydrogen) atoms. The lowest BCUT2D eigenvalue weighted by molar-refractivity contribution is 0.158. The van der Waals surface area contributed by atoms with Gasteiger partial charge < -0.3 is 15.6 Å². The normalized spacial score (nSPS) is 13.4. The Balaban J connectivity index is 3.07. The van der Waals surface area contributed by atoms with Crippen molar-refractivity contribution in [3.63, 3.8) is 0 Å². The molecular formula is C11H16BrFN2O4S. The van der Waals surface area contributed by atoms with E-state index in [4.69, 9.17) is 15.6 Å². The highest BCUT2D eigenvalue weighted by atomic mass is 79.9. The van der Waals surface area contributed by atoms with Crippen LogP contribution in [0.25, 0.3) is 0 Å². The highest BCUT2D eigenvalue weighted by molar-refractivity contribution is 9.10. The number of benzene rings is 1. The van der Waals surface area contributed by atoms with Gasteiger partial charge in [-0.1, -0.05) is 0 Å². The van der Waals surface area contributed by atoms with E-state index in [2.05, 4.69) is 20.7 Å². The molecule has 0 radical (unpaired) electrons. The molecule has 0 aliphatic heterocycles. The zero-order valence-electron chi connectivity index (χ0n) is 10.8. The topological polar surface area (TPSA) is 102 Å². The number of nitrogens with one attached hydrogen (secondary N) is 1. The zero-order valence-corrected chi connectivity index (χ0v) is 13.2. The lowest BCUT2D eigenvalue weighted by Gasteiger charge is -2.17. The van der Waals surface area contributed by atoms with E-state index < -0.39 is 26.8 Å². The molecule has 1 aromatic rings. The summed E-state index contributed by atoms with van der Waals surface area (Å²) in [5.74, 6) is -0.918. The number of sulfonamides is 1. The van der Waals surface area contributed by atoms with Crippen molar-refractivity contribution < 1.29 is 22.7 Å². The fourth-order valence-corrected chi connectivity index (χ4v) is 3.23. The van der Waals surface area contributed by atoms with Crippen molar-refractivity contribution >= 4 is 31.6 Å². The summed E-state index contributed by atoms with van der Waals surface area (Å²) in [4.78, 5) is -0.544. The van der Waals surface area contributed by atoms with E-state index in [1.807, 2.05) is 0 Å². The summed E-state index contributed by atoms with van der Waals surface area (Å²) in [5.41, 5.74) is 5.67. The molecule has 114 valence electrons. The summed E-state index contributed by atoms with van der Waals surface area (Å²) in [6.45, 7) is -0.158. The highest BCUT2D eigenvalue weighted by Crippen LogP contribution is 2.26. The molecule has 0 aliphatic carbocycles. The molecule has 1 rings (SSSR count). The number of aliphatic hydroxyl groups is 1. The molecule has 9 heteroatoms. The average molecular weight is 371 g/mol. The van der Waals surface area contributed by atoms with Crippen LogP contribution in [0.5, 0.6) is 0 Å². The van der Waals surface area contributed by atoms with Crippen molar-refractivity contribution in [3.8, 4) is 0 Å². The van der Waals surface area contributed by atoms with Gasteiger partial charge in [0.1, 0.15) is 10.7 Å². The number of nitrogens with two attached hydrogens (primary N) is 1. The molecule has 4 N–H and O–H groups in total. The first kappa shape index (κ1) is 17.3. The number of hydrogen-bond acceptors (Lipinski definition) is 5. The molecule has 0 heterocycles. The van der Waals surface area contributed by atoms with Gasteiger partial charge in [-0.2, -0.15) is 0 Å². The van der Waals surface area contributed by atoms with Crippen LogP contribution in [0.1, 0.15) is 6.42 Å². The average Bonchev–Trinajstić information content (AvgIpc) is 2.33. The lowest BCUT2D eigenvalue weighted by Crippen LogP contribution is -2.39. The summed E-state index contributed by atoms with van der Waals surface area (Å²) in [6, 6.07) is 1.37. The standard InChI is InChI=1S/C11H16BrFN2O4S/c1-19-6-7(2-3-16)15-20(17,18)11-5-10(14)8(12)4-9(11)13/h4-5,7,15-16H,2-3,6,14H2,1H3. The van der Waals surface area contributed by atoms with Crippen LogP contribution >= 0.6 is 15.9 Å². The first-order chi connectivity index (χ1) is 9.31. The highest BCUT2D eigenvalue weighted by Gasteiger charge is 2.24. The number of halogens is 2. The van der Waals surface area contributed by atoms with E-state index in [1.165, 1.54) is 7.11 Å². The first-order valence-electron chi connectivity index (χ1n) is 5.68. The Labute approximate surface area is 125 Å². The SMILES string of the molecule is COCC(CCO)NS(=O)(=O)c1cc(N)c(Br)cc1F. The second-order valence-electron chi connectivity index (χ2n) is 4.09. The third-order valence-corrected chi connectivity index (χ3v) is 4.73. The molecule has 0 amide bonds. The van der Waals surface area contributed by atoms with Crippen molar-refractivity contribution in [3.05, 3.63) is 22.4 Å². The van der Waals surface area contributed by atoms with Crippen molar-refractivity contribution in [1.82, 2.24) is 4.72 Å². The van der Waals surface area contributed by atoms with Crippen LogP contribution in [0.3, 0.4) is 0 Å². The van der Waals surface area contributed by atoms with E-state index >= 15 is 0 Å². The Bertz CT molecular complexity index is 562. The summed E-state index contributed by atoms with van der Waals surface area (Å²) in [6.07, 6.45) is 0.153. The first-order valence-corrected chi connectivity index (χ1v) is 7.96. The van der Waals surface area contributed by atoms with Crippen molar-refractivity contribution in [2.24, 2.45) is 0 Å². The van der Waals surface area contributed by atoms with Gasteiger partial charge in [-0.25, -0.2) is 17.5 Å². The molecule has 0 aromatic heterocycles. The van der Waals surface area contributed by atoms with Crippen LogP contribution in [0, 0.1) is 5.82 Å². The van der Waals surface area contributed by atoms with Gasteiger partial charge in [0, 0.05) is 29.9 Å². The zero-order chi connectivity index (χ0) is 15.3. The second kappa shape index (κ2) is 7.32. The fraction of sp³-hybridized carbons (Fsp3) is 0.455. The summed E-state index contributed by atoms with van der Waals surface area (Å²) in [7, 11) is -2.69. The maximum Gasteiger partial charge on any atom is 0.243 e. The summed E-state index contributed by atoms with van der Waals surface area (Å²) < 4.78 is 45.4. The van der Waals surface area contributed by atoms with Crippen molar-refractivity contribution in [2.45, 2.75) is 17.4 Å². The van der Waals surface area contributed by atoms with E-state index in [0.29, 0.717) is 0 Å². The molecule has 1 atom stereocenters. The maximum absolute atomic E-state index is 13.8. The summed E-state index contributed by atoms with van der Waals surface area (Å²) in [5, 5.41) is 8.88. The second-order valence-corrected chi connectivity index (χ2v) is 6.63. The van der Waals surface area contributed by atoms with Crippen molar-refractivity contribution in [1.29, 1.82) is 0 Å². The Hall–Kier alpha value is -0.740. The predicted octanol–water partition coefficient (Wildman–Crippen LogP) is 0.846. The number of ether oxygens (including phenoxy) is 1. The van der Waals surface area contributed by atoms with Gasteiger partial charge in [0.15, 0.2) is 0 Å². The Morgan fingerprint density at radius 2 is 2.20 bits per heavy atom. The Kier molecular flexibility index (Phi) is 6.34. The molecule has 0 saturated heterocycles. The van der Waals surface area contributed by atoms with E-state index in [0.717, 1.165) is 12.1 Å². The third-order valence-electron chi connectivity index (χ3n) is 2.51. The Morgan fingerprint density at radius 1 is 1.55 bits per heavy atom. The lowest BCUT2D eigenvalue weighted by atomic mass is 10.2. The number of nitrogen functional groups attached to an aromatic ring is 1. The minimum Gasteiger partial charge on any atom is -0.398 e. The molecule has 6 nitrogen and oxygen atoms in total. The van der Waals surface area contributed by atoms with Gasteiger partial charge in [-0.05, 0) is 34.5 Å². The molecule has 0 bridgehead atoms.